The van der Waals surface area contributed by atoms with Gasteiger partial charge in [0.05, 0.1) is 0 Å². The first-order chi connectivity index (χ1) is 9.35. The summed E-state index contributed by atoms with van der Waals surface area (Å²) in [4.78, 5) is 11.4. The van der Waals surface area contributed by atoms with E-state index < -0.39 is 23.7 Å². The minimum atomic E-state index is -4.54. The third-order valence-corrected chi connectivity index (χ3v) is 3.75. The van der Waals surface area contributed by atoms with Crippen LogP contribution in [-0.4, -0.2) is 22.8 Å². The maximum absolute atomic E-state index is 13.2. The molecular weight excluding hydrogens is 271 g/mol. The number of carbonyl (C=O) groups is 1. The zero-order chi connectivity index (χ0) is 14.8. The molecule has 1 atom stereocenters. The van der Waals surface area contributed by atoms with Gasteiger partial charge >= 0.3 is 12.1 Å². The summed E-state index contributed by atoms with van der Waals surface area (Å²) in [6.45, 7) is 0. The van der Waals surface area contributed by atoms with Crippen LogP contribution in [0.25, 0.3) is 0 Å². The van der Waals surface area contributed by atoms with E-state index in [1.165, 1.54) is 24.3 Å². The number of nitrogens with one attached hydrogen (secondary N) is 1. The summed E-state index contributed by atoms with van der Waals surface area (Å²) in [5, 5.41) is 11.7. The predicted octanol–water partition coefficient (Wildman–Crippen LogP) is 3.28. The van der Waals surface area contributed by atoms with Gasteiger partial charge in [0.25, 0.3) is 0 Å². The van der Waals surface area contributed by atoms with Gasteiger partial charge in [0, 0.05) is 0 Å². The van der Waals surface area contributed by atoms with Crippen molar-refractivity contribution in [2.24, 2.45) is 0 Å². The van der Waals surface area contributed by atoms with Crippen LogP contribution in [0.4, 0.5) is 13.2 Å². The van der Waals surface area contributed by atoms with Crippen molar-refractivity contribution in [1.29, 1.82) is 0 Å². The first-order valence-corrected chi connectivity index (χ1v) is 6.48. The molecule has 1 fully saturated rings. The standard InChI is InChI=1S/C14H16F3NO2/c15-14(16,17)11(10-6-2-1-3-7-10)18-13(12(19)20)8-4-5-9-13/h1-3,6-7,11,18H,4-5,8-9H2,(H,19,20)/t11-/m0/s1. The quantitative estimate of drug-likeness (QED) is 0.893. The molecule has 0 unspecified atom stereocenters. The van der Waals surface area contributed by atoms with E-state index in [0.29, 0.717) is 12.8 Å². The highest BCUT2D eigenvalue weighted by molar-refractivity contribution is 5.79. The van der Waals surface area contributed by atoms with Gasteiger partial charge in [-0.25, -0.2) is 0 Å². The lowest BCUT2D eigenvalue weighted by molar-refractivity contribution is -0.168. The highest BCUT2D eigenvalue weighted by atomic mass is 19.4. The fourth-order valence-electron chi connectivity index (χ4n) is 2.67. The second kappa shape index (κ2) is 5.44. The molecule has 1 aliphatic rings. The van der Waals surface area contributed by atoms with Crippen LogP contribution in [0.5, 0.6) is 0 Å². The van der Waals surface area contributed by atoms with Crippen molar-refractivity contribution in [2.75, 3.05) is 0 Å². The van der Waals surface area contributed by atoms with Crippen LogP contribution in [0.15, 0.2) is 30.3 Å². The SMILES string of the molecule is O=C(O)C1(N[C@@H](c2ccccc2)C(F)(F)F)CCCC1. The lowest BCUT2D eigenvalue weighted by atomic mass is 9.94. The summed E-state index contributed by atoms with van der Waals surface area (Å²) in [6, 6.07) is 5.40. The monoisotopic (exact) mass is 287 g/mol. The van der Waals surface area contributed by atoms with Crippen LogP contribution >= 0.6 is 0 Å². The average Bonchev–Trinajstić information content (AvgIpc) is 2.85. The highest BCUT2D eigenvalue weighted by Crippen LogP contribution is 2.38. The van der Waals surface area contributed by atoms with Crippen molar-refractivity contribution in [1.82, 2.24) is 5.32 Å². The molecule has 0 saturated heterocycles. The maximum atomic E-state index is 13.2. The van der Waals surface area contributed by atoms with Crippen molar-refractivity contribution in [3.63, 3.8) is 0 Å². The zero-order valence-electron chi connectivity index (χ0n) is 10.8. The summed E-state index contributed by atoms with van der Waals surface area (Å²) < 4.78 is 39.7. The van der Waals surface area contributed by atoms with Crippen LogP contribution < -0.4 is 5.32 Å². The molecule has 1 saturated carbocycles. The van der Waals surface area contributed by atoms with E-state index >= 15 is 0 Å². The number of carboxylic acids is 1. The summed E-state index contributed by atoms with van der Waals surface area (Å²) in [5.41, 5.74) is -1.44. The first kappa shape index (κ1) is 14.8. The number of carboxylic acid groups (broad SMARTS) is 1. The molecule has 0 aromatic heterocycles. The van der Waals surface area contributed by atoms with E-state index in [0.717, 1.165) is 0 Å². The zero-order valence-corrected chi connectivity index (χ0v) is 10.8. The van der Waals surface area contributed by atoms with Crippen LogP contribution in [-0.2, 0) is 4.79 Å². The first-order valence-electron chi connectivity index (χ1n) is 6.48. The number of rotatable bonds is 4. The number of hydrogen-bond acceptors (Lipinski definition) is 2. The Morgan fingerprint density at radius 2 is 1.75 bits per heavy atom. The maximum Gasteiger partial charge on any atom is 0.407 e. The number of aliphatic carboxylic acids is 1. The van der Waals surface area contributed by atoms with Crippen molar-refractivity contribution in [2.45, 2.75) is 43.4 Å². The largest absolute Gasteiger partial charge is 0.480 e. The Bertz CT molecular complexity index is 467. The molecular formula is C14H16F3NO2. The van der Waals surface area contributed by atoms with Crippen molar-refractivity contribution in [3.05, 3.63) is 35.9 Å². The fraction of sp³-hybridized carbons (Fsp3) is 0.500. The molecule has 1 aromatic rings. The summed E-state index contributed by atoms with van der Waals surface area (Å²) >= 11 is 0. The summed E-state index contributed by atoms with van der Waals surface area (Å²) in [7, 11) is 0. The van der Waals surface area contributed by atoms with Crippen LogP contribution in [0, 0.1) is 0 Å². The topological polar surface area (TPSA) is 49.3 Å². The molecule has 6 heteroatoms. The van der Waals surface area contributed by atoms with Gasteiger partial charge in [-0.15, -0.1) is 0 Å². The van der Waals surface area contributed by atoms with Gasteiger partial charge in [0.2, 0.25) is 0 Å². The Morgan fingerprint density at radius 1 is 1.20 bits per heavy atom. The molecule has 0 spiro atoms. The van der Waals surface area contributed by atoms with Gasteiger partial charge in [-0.2, -0.15) is 13.2 Å². The Labute approximate surface area is 114 Å². The second-order valence-corrected chi connectivity index (χ2v) is 5.12. The minimum absolute atomic E-state index is 0.0347. The van der Waals surface area contributed by atoms with Crippen LogP contribution in [0.2, 0.25) is 0 Å². The average molecular weight is 287 g/mol. The van der Waals surface area contributed by atoms with E-state index in [4.69, 9.17) is 0 Å². The minimum Gasteiger partial charge on any atom is -0.480 e. The van der Waals surface area contributed by atoms with E-state index in [-0.39, 0.29) is 18.4 Å². The van der Waals surface area contributed by atoms with Gasteiger partial charge in [0.1, 0.15) is 11.6 Å². The predicted molar refractivity (Wildman–Crippen MR) is 67.2 cm³/mol. The van der Waals surface area contributed by atoms with E-state index in [1.54, 1.807) is 6.07 Å². The Kier molecular flexibility index (Phi) is 4.04. The molecule has 0 aliphatic heterocycles. The number of benzene rings is 1. The van der Waals surface area contributed by atoms with Gasteiger partial charge < -0.3 is 5.11 Å². The van der Waals surface area contributed by atoms with Crippen LogP contribution in [0.1, 0.15) is 37.3 Å². The molecule has 3 nitrogen and oxygen atoms in total. The van der Waals surface area contributed by atoms with E-state index in [1.807, 2.05) is 0 Å². The normalized spacial score (nSPS) is 19.8. The Morgan fingerprint density at radius 3 is 2.20 bits per heavy atom. The smallest absolute Gasteiger partial charge is 0.407 e. The third kappa shape index (κ3) is 2.95. The van der Waals surface area contributed by atoms with Gasteiger partial charge in [-0.3, -0.25) is 10.1 Å². The Balaban J connectivity index is 2.31. The molecule has 0 amide bonds. The van der Waals surface area contributed by atoms with Gasteiger partial charge in [-0.1, -0.05) is 43.2 Å². The van der Waals surface area contributed by atoms with Gasteiger partial charge in [0.15, 0.2) is 0 Å². The molecule has 1 aromatic carbocycles. The molecule has 1 aliphatic carbocycles. The molecule has 110 valence electrons. The lowest BCUT2D eigenvalue weighted by Crippen LogP contribution is -2.54. The molecule has 0 bridgehead atoms. The molecule has 2 N–H and O–H groups in total. The van der Waals surface area contributed by atoms with Gasteiger partial charge in [-0.05, 0) is 18.4 Å². The second-order valence-electron chi connectivity index (χ2n) is 5.12. The third-order valence-electron chi connectivity index (χ3n) is 3.75. The van der Waals surface area contributed by atoms with Crippen molar-refractivity contribution in [3.8, 4) is 0 Å². The van der Waals surface area contributed by atoms with Crippen molar-refractivity contribution < 1.29 is 23.1 Å². The van der Waals surface area contributed by atoms with Crippen LogP contribution in [0.3, 0.4) is 0 Å². The van der Waals surface area contributed by atoms with E-state index in [9.17, 15) is 23.1 Å². The lowest BCUT2D eigenvalue weighted by Gasteiger charge is -2.32. The molecule has 0 heterocycles. The fourth-order valence-corrected chi connectivity index (χ4v) is 2.67. The number of hydrogen-bond donors (Lipinski definition) is 2. The summed E-state index contributed by atoms with van der Waals surface area (Å²) in [6.07, 6.45) is -2.84. The number of alkyl halides is 3. The molecule has 20 heavy (non-hydrogen) atoms. The number of halogens is 3. The van der Waals surface area contributed by atoms with E-state index in [2.05, 4.69) is 5.32 Å². The highest BCUT2D eigenvalue weighted by Gasteiger charge is 2.49. The van der Waals surface area contributed by atoms with Crippen molar-refractivity contribution >= 4 is 5.97 Å². The summed E-state index contributed by atoms with van der Waals surface area (Å²) in [5.74, 6) is -1.21. The Hall–Kier alpha value is -1.56. The molecule has 2 rings (SSSR count). The molecule has 0 radical (unpaired) electrons.